The molecule has 10 heteroatoms. The van der Waals surface area contributed by atoms with Crippen LogP contribution in [-0.2, 0) is 16.1 Å². The third-order valence-electron chi connectivity index (χ3n) is 4.77. The van der Waals surface area contributed by atoms with E-state index < -0.39 is 11.9 Å². The highest BCUT2D eigenvalue weighted by Crippen LogP contribution is 2.28. The van der Waals surface area contributed by atoms with Crippen LogP contribution < -0.4 is 9.47 Å². The molecule has 1 fully saturated rings. The molecule has 1 aliphatic heterocycles. The molecule has 2 N–H and O–H groups in total. The molecule has 0 spiro atoms. The number of carboxylic acid groups (broad SMARTS) is 2. The van der Waals surface area contributed by atoms with Crippen LogP contribution in [0.3, 0.4) is 0 Å². The number of nitrogens with zero attached hydrogens (tertiary/aromatic N) is 2. The van der Waals surface area contributed by atoms with Crippen molar-refractivity contribution < 1.29 is 34.1 Å². The second kappa shape index (κ2) is 11.9. The van der Waals surface area contributed by atoms with Crippen LogP contribution in [0, 0.1) is 0 Å². The van der Waals surface area contributed by atoms with E-state index in [0.29, 0.717) is 23.7 Å². The number of halogens is 1. The van der Waals surface area contributed by atoms with Gasteiger partial charge in [0.15, 0.2) is 11.5 Å². The van der Waals surface area contributed by atoms with Gasteiger partial charge in [-0.2, -0.15) is 0 Å². The van der Waals surface area contributed by atoms with Crippen molar-refractivity contribution in [1.82, 2.24) is 9.80 Å². The van der Waals surface area contributed by atoms with E-state index >= 15 is 0 Å². The Balaban J connectivity index is 0.000000534. The Kier molecular flexibility index (Phi) is 9.30. The van der Waals surface area contributed by atoms with Gasteiger partial charge in [0, 0.05) is 43.3 Å². The van der Waals surface area contributed by atoms with Gasteiger partial charge in [0.2, 0.25) is 0 Å². The first-order valence-corrected chi connectivity index (χ1v) is 10.1. The molecular formula is C22H25ClN2O7. The highest BCUT2D eigenvalue weighted by atomic mass is 35.5. The van der Waals surface area contributed by atoms with Crippen molar-refractivity contribution in [3.63, 3.8) is 0 Å². The zero-order valence-corrected chi connectivity index (χ0v) is 18.5. The fourth-order valence-electron chi connectivity index (χ4n) is 3.15. The highest BCUT2D eigenvalue weighted by Gasteiger charge is 2.22. The number of carbonyl (C=O) groups excluding carboxylic acids is 1. The molecule has 0 radical (unpaired) electrons. The van der Waals surface area contributed by atoms with E-state index in [1.165, 1.54) is 0 Å². The SMILES string of the molecule is COc1ccc(CN2CCN(C(=O)c3cccc(Cl)c3)CC2)cc1OC.O=C(O)C(=O)O. The summed E-state index contributed by atoms with van der Waals surface area (Å²) in [6, 6.07) is 13.1. The number of ether oxygens (including phenoxy) is 2. The number of piperazine rings is 1. The van der Waals surface area contributed by atoms with Gasteiger partial charge in [-0.15, -0.1) is 0 Å². The predicted octanol–water partition coefficient (Wildman–Crippen LogP) is 2.47. The molecule has 2 aromatic rings. The van der Waals surface area contributed by atoms with Crippen LogP contribution in [-0.4, -0.2) is 78.3 Å². The fourth-order valence-corrected chi connectivity index (χ4v) is 3.34. The second-order valence-electron chi connectivity index (χ2n) is 6.88. The van der Waals surface area contributed by atoms with Gasteiger partial charge in [-0.25, -0.2) is 9.59 Å². The fraction of sp³-hybridized carbons (Fsp3) is 0.318. The minimum absolute atomic E-state index is 0.0401. The lowest BCUT2D eigenvalue weighted by Gasteiger charge is -2.35. The average Bonchev–Trinajstić information content (AvgIpc) is 2.79. The van der Waals surface area contributed by atoms with Crippen LogP contribution in [0.2, 0.25) is 5.02 Å². The molecule has 172 valence electrons. The molecule has 32 heavy (non-hydrogen) atoms. The molecule has 0 unspecified atom stereocenters. The van der Waals surface area contributed by atoms with Crippen LogP contribution in [0.1, 0.15) is 15.9 Å². The van der Waals surface area contributed by atoms with Crippen molar-refractivity contribution in [1.29, 1.82) is 0 Å². The van der Waals surface area contributed by atoms with Crippen molar-refractivity contribution in [3.8, 4) is 11.5 Å². The number of methoxy groups -OCH3 is 2. The van der Waals surface area contributed by atoms with E-state index in [-0.39, 0.29) is 5.91 Å². The first-order valence-electron chi connectivity index (χ1n) is 9.69. The molecule has 9 nitrogen and oxygen atoms in total. The summed E-state index contributed by atoms with van der Waals surface area (Å²) in [6.07, 6.45) is 0. The van der Waals surface area contributed by atoms with Gasteiger partial charge < -0.3 is 24.6 Å². The second-order valence-corrected chi connectivity index (χ2v) is 7.31. The molecule has 0 aromatic heterocycles. The van der Waals surface area contributed by atoms with E-state index in [0.717, 1.165) is 36.7 Å². The summed E-state index contributed by atoms with van der Waals surface area (Å²) >= 11 is 5.99. The molecule has 0 saturated carbocycles. The zero-order chi connectivity index (χ0) is 23.7. The van der Waals surface area contributed by atoms with Crippen LogP contribution in [0.4, 0.5) is 0 Å². The van der Waals surface area contributed by atoms with Crippen LogP contribution >= 0.6 is 11.6 Å². The lowest BCUT2D eigenvalue weighted by molar-refractivity contribution is -0.159. The summed E-state index contributed by atoms with van der Waals surface area (Å²) in [4.78, 5) is 35.0. The number of hydrogen-bond donors (Lipinski definition) is 2. The third-order valence-corrected chi connectivity index (χ3v) is 5.00. The maximum absolute atomic E-state index is 12.6. The number of aliphatic carboxylic acids is 2. The smallest absolute Gasteiger partial charge is 0.414 e. The minimum Gasteiger partial charge on any atom is -0.493 e. The lowest BCUT2D eigenvalue weighted by Crippen LogP contribution is -2.48. The lowest BCUT2D eigenvalue weighted by atomic mass is 10.1. The Bertz CT molecular complexity index is 947. The molecule has 1 heterocycles. The maximum atomic E-state index is 12.6. The topological polar surface area (TPSA) is 117 Å². The van der Waals surface area contributed by atoms with Crippen molar-refractivity contribution in [2.24, 2.45) is 0 Å². The largest absolute Gasteiger partial charge is 0.493 e. The summed E-state index contributed by atoms with van der Waals surface area (Å²) in [5.74, 6) is -2.14. The van der Waals surface area contributed by atoms with Crippen molar-refractivity contribution in [2.45, 2.75) is 6.54 Å². The van der Waals surface area contributed by atoms with E-state index in [4.69, 9.17) is 40.9 Å². The quantitative estimate of drug-likeness (QED) is 0.648. The number of carbonyl (C=O) groups is 3. The molecule has 0 atom stereocenters. The van der Waals surface area contributed by atoms with E-state index in [2.05, 4.69) is 4.90 Å². The first kappa shape index (κ1) is 25.0. The Morgan fingerprint density at radius 2 is 1.53 bits per heavy atom. The van der Waals surface area contributed by atoms with Gasteiger partial charge in [-0.1, -0.05) is 23.7 Å². The van der Waals surface area contributed by atoms with Gasteiger partial charge in [0.1, 0.15) is 0 Å². The van der Waals surface area contributed by atoms with Gasteiger partial charge in [0.05, 0.1) is 14.2 Å². The molecule has 0 aliphatic carbocycles. The predicted molar refractivity (Wildman–Crippen MR) is 117 cm³/mol. The summed E-state index contributed by atoms with van der Waals surface area (Å²) < 4.78 is 10.6. The molecule has 0 bridgehead atoms. The van der Waals surface area contributed by atoms with Gasteiger partial charge in [-0.05, 0) is 35.9 Å². The summed E-state index contributed by atoms with van der Waals surface area (Å²) in [5.41, 5.74) is 1.81. The highest BCUT2D eigenvalue weighted by molar-refractivity contribution is 6.31. The minimum atomic E-state index is -1.82. The average molecular weight is 465 g/mol. The summed E-state index contributed by atoms with van der Waals surface area (Å²) in [5, 5.41) is 15.4. The standard InChI is InChI=1S/C20H23ClN2O3.C2H2O4/c1-25-18-7-6-15(12-19(18)26-2)14-22-8-10-23(11-9-22)20(24)16-4-3-5-17(21)13-16;3-1(4)2(5)6/h3-7,12-13H,8-11,14H2,1-2H3;(H,3,4)(H,5,6). The van der Waals surface area contributed by atoms with Crippen LogP contribution in [0.25, 0.3) is 0 Å². The maximum Gasteiger partial charge on any atom is 0.414 e. The number of carboxylic acids is 2. The van der Waals surface area contributed by atoms with E-state index in [1.54, 1.807) is 26.4 Å². The molecule has 1 saturated heterocycles. The van der Waals surface area contributed by atoms with Gasteiger partial charge in [0.25, 0.3) is 5.91 Å². The number of amides is 1. The summed E-state index contributed by atoms with van der Waals surface area (Å²) in [6.45, 7) is 3.90. The van der Waals surface area contributed by atoms with Crippen LogP contribution in [0.15, 0.2) is 42.5 Å². The molecular weight excluding hydrogens is 440 g/mol. The summed E-state index contributed by atoms with van der Waals surface area (Å²) in [7, 11) is 3.27. The van der Waals surface area contributed by atoms with Gasteiger partial charge in [-0.3, -0.25) is 9.69 Å². The third kappa shape index (κ3) is 7.14. The van der Waals surface area contributed by atoms with Crippen molar-refractivity contribution >= 4 is 29.4 Å². The van der Waals surface area contributed by atoms with E-state index in [9.17, 15) is 4.79 Å². The first-order chi connectivity index (χ1) is 15.2. The monoisotopic (exact) mass is 464 g/mol. The normalized spacial score (nSPS) is 13.5. The zero-order valence-electron chi connectivity index (χ0n) is 17.8. The number of hydrogen-bond acceptors (Lipinski definition) is 6. The molecule has 1 aliphatic rings. The Morgan fingerprint density at radius 1 is 0.906 bits per heavy atom. The van der Waals surface area contributed by atoms with Gasteiger partial charge >= 0.3 is 11.9 Å². The van der Waals surface area contributed by atoms with Crippen LogP contribution in [0.5, 0.6) is 11.5 Å². The number of rotatable bonds is 5. The Labute approximate surface area is 190 Å². The van der Waals surface area contributed by atoms with Crippen molar-refractivity contribution in [3.05, 3.63) is 58.6 Å². The molecule has 3 rings (SSSR count). The molecule has 1 amide bonds. The van der Waals surface area contributed by atoms with Crippen molar-refractivity contribution in [2.75, 3.05) is 40.4 Å². The Morgan fingerprint density at radius 3 is 2.06 bits per heavy atom. The number of benzene rings is 2. The van der Waals surface area contributed by atoms with E-state index in [1.807, 2.05) is 35.2 Å². The molecule has 2 aromatic carbocycles. The Hall–Kier alpha value is -3.30.